The fourth-order valence-corrected chi connectivity index (χ4v) is 2.95. The average Bonchev–Trinajstić information content (AvgIpc) is 2.53. The lowest BCUT2D eigenvalue weighted by Gasteiger charge is -2.32. The number of benzene rings is 2. The maximum Gasteiger partial charge on any atom is 0.155 e. The summed E-state index contributed by atoms with van der Waals surface area (Å²) in [6.07, 6.45) is 0.711. The second-order valence-corrected chi connectivity index (χ2v) is 8.83. The maximum absolute atomic E-state index is 12.9. The Morgan fingerprint density at radius 2 is 1.36 bits per heavy atom. The van der Waals surface area contributed by atoms with Gasteiger partial charge in [-0.2, -0.15) is 0 Å². The summed E-state index contributed by atoms with van der Waals surface area (Å²) < 4.78 is 0. The molecule has 2 aromatic rings. The summed E-state index contributed by atoms with van der Waals surface area (Å²) in [4.78, 5) is 12.9. The van der Waals surface area contributed by atoms with Crippen molar-refractivity contribution >= 4 is 5.78 Å². The zero-order valence-electron chi connectivity index (χ0n) is 16.4. The Balaban J connectivity index is 2.19. The van der Waals surface area contributed by atoms with Crippen LogP contribution in [0.4, 0.5) is 0 Å². The van der Waals surface area contributed by atoms with Gasteiger partial charge in [0.1, 0.15) is 0 Å². The van der Waals surface area contributed by atoms with Crippen molar-refractivity contribution in [1.29, 1.82) is 0 Å². The molecule has 0 fully saturated rings. The first kappa shape index (κ1) is 19.4. The summed E-state index contributed by atoms with van der Waals surface area (Å²) in [5, 5.41) is 3.51. The molecule has 1 N–H and O–H groups in total. The maximum atomic E-state index is 12.9. The molecule has 0 heterocycles. The van der Waals surface area contributed by atoms with E-state index in [1.54, 1.807) is 0 Å². The summed E-state index contributed by atoms with van der Waals surface area (Å²) in [5.74, 6) is 0.259. The number of hydrogen-bond donors (Lipinski definition) is 1. The summed E-state index contributed by atoms with van der Waals surface area (Å²) in [5.41, 5.74) is 3.14. The Morgan fingerprint density at radius 3 is 1.84 bits per heavy atom. The van der Waals surface area contributed by atoms with E-state index in [0.29, 0.717) is 6.42 Å². The summed E-state index contributed by atoms with van der Waals surface area (Å²) in [6.45, 7) is 12.3. The Bertz CT molecular complexity index is 688. The molecule has 0 bridgehead atoms. The van der Waals surface area contributed by atoms with Gasteiger partial charge in [-0.1, -0.05) is 75.4 Å². The number of rotatable bonds is 5. The lowest BCUT2D eigenvalue weighted by atomic mass is 9.83. The van der Waals surface area contributed by atoms with Crippen molar-refractivity contribution in [3.63, 3.8) is 0 Å². The topological polar surface area (TPSA) is 29.1 Å². The molecule has 2 aromatic carbocycles. The minimum Gasteiger partial charge on any atom is -0.302 e. The van der Waals surface area contributed by atoms with Crippen molar-refractivity contribution in [3.8, 4) is 11.1 Å². The van der Waals surface area contributed by atoms with Crippen molar-refractivity contribution in [2.45, 2.75) is 59.5 Å². The number of ketones is 1. The van der Waals surface area contributed by atoms with Gasteiger partial charge in [0.15, 0.2) is 5.78 Å². The Kier molecular flexibility index (Phi) is 5.84. The molecule has 0 spiro atoms. The van der Waals surface area contributed by atoms with Gasteiger partial charge in [0.25, 0.3) is 0 Å². The Hall–Kier alpha value is -1.93. The van der Waals surface area contributed by atoms with Gasteiger partial charge in [-0.15, -0.1) is 0 Å². The first-order chi connectivity index (χ1) is 11.6. The van der Waals surface area contributed by atoms with E-state index in [-0.39, 0.29) is 22.8 Å². The average molecular weight is 338 g/mol. The molecule has 2 heteroatoms. The molecule has 0 aliphatic carbocycles. The SMILES string of the molecule is CC(C)(C)NC(Cc1ccc(-c2ccccc2)cc1)C(=O)C(C)(C)C. The summed E-state index contributed by atoms with van der Waals surface area (Å²) >= 11 is 0. The summed E-state index contributed by atoms with van der Waals surface area (Å²) in [6, 6.07) is 18.7. The minimum atomic E-state index is -0.354. The van der Waals surface area contributed by atoms with E-state index < -0.39 is 0 Å². The van der Waals surface area contributed by atoms with Crippen LogP contribution in [-0.4, -0.2) is 17.4 Å². The predicted molar refractivity (Wildman–Crippen MR) is 107 cm³/mol. The van der Waals surface area contributed by atoms with Crippen LogP contribution in [0.25, 0.3) is 11.1 Å². The number of nitrogens with one attached hydrogen (secondary N) is 1. The highest BCUT2D eigenvalue weighted by Gasteiger charge is 2.31. The van der Waals surface area contributed by atoms with Crippen LogP contribution in [0.3, 0.4) is 0 Å². The Morgan fingerprint density at radius 1 is 0.840 bits per heavy atom. The van der Waals surface area contributed by atoms with Gasteiger partial charge >= 0.3 is 0 Å². The van der Waals surface area contributed by atoms with Crippen LogP contribution in [0.5, 0.6) is 0 Å². The van der Waals surface area contributed by atoms with Gasteiger partial charge < -0.3 is 5.32 Å². The van der Waals surface area contributed by atoms with E-state index in [9.17, 15) is 4.79 Å². The predicted octanol–water partition coefficient (Wildman–Crippen LogP) is 5.27. The van der Waals surface area contributed by atoms with Crippen LogP contribution >= 0.6 is 0 Å². The van der Waals surface area contributed by atoms with Crippen LogP contribution in [-0.2, 0) is 11.2 Å². The van der Waals surface area contributed by atoms with Gasteiger partial charge in [-0.25, -0.2) is 0 Å². The van der Waals surface area contributed by atoms with Gasteiger partial charge in [-0.3, -0.25) is 4.79 Å². The molecule has 2 nitrogen and oxygen atoms in total. The first-order valence-corrected chi connectivity index (χ1v) is 9.03. The normalized spacial score (nSPS) is 13.5. The standard InChI is InChI=1S/C23H31NO/c1-22(2,3)21(25)20(24-23(4,5)6)16-17-12-14-19(15-13-17)18-10-8-7-9-11-18/h7-15,20,24H,16H2,1-6H3. The van der Waals surface area contributed by atoms with E-state index in [4.69, 9.17) is 0 Å². The van der Waals surface area contributed by atoms with Gasteiger partial charge in [0, 0.05) is 11.0 Å². The van der Waals surface area contributed by atoms with Crippen molar-refractivity contribution in [1.82, 2.24) is 5.32 Å². The second-order valence-electron chi connectivity index (χ2n) is 8.83. The molecule has 0 saturated carbocycles. The third kappa shape index (κ3) is 5.82. The first-order valence-electron chi connectivity index (χ1n) is 9.03. The molecule has 0 aromatic heterocycles. The van der Waals surface area contributed by atoms with Crippen molar-refractivity contribution < 1.29 is 4.79 Å². The highest BCUT2D eigenvalue weighted by molar-refractivity contribution is 5.89. The molecule has 2 rings (SSSR count). The molecule has 0 aliphatic rings. The molecule has 0 saturated heterocycles. The van der Waals surface area contributed by atoms with Crippen LogP contribution in [0.2, 0.25) is 0 Å². The van der Waals surface area contributed by atoms with Crippen LogP contribution in [0.15, 0.2) is 54.6 Å². The van der Waals surface area contributed by atoms with Gasteiger partial charge in [-0.05, 0) is 43.9 Å². The zero-order chi connectivity index (χ0) is 18.7. The molecule has 134 valence electrons. The molecule has 1 unspecified atom stereocenters. The van der Waals surface area contributed by atoms with Crippen molar-refractivity contribution in [3.05, 3.63) is 60.2 Å². The van der Waals surface area contributed by atoms with E-state index in [2.05, 4.69) is 74.6 Å². The Labute approximate surface area is 152 Å². The smallest absolute Gasteiger partial charge is 0.155 e. The van der Waals surface area contributed by atoms with Crippen molar-refractivity contribution in [2.24, 2.45) is 5.41 Å². The molecule has 0 aliphatic heterocycles. The largest absolute Gasteiger partial charge is 0.302 e. The molecular weight excluding hydrogens is 306 g/mol. The summed E-state index contributed by atoms with van der Waals surface area (Å²) in [7, 11) is 0. The van der Waals surface area contributed by atoms with Crippen molar-refractivity contribution in [2.75, 3.05) is 0 Å². The number of Topliss-reactive ketones (excluding diaryl/α,β-unsaturated/α-hetero) is 1. The van der Waals surface area contributed by atoms with Crippen LogP contribution in [0, 0.1) is 5.41 Å². The molecule has 0 amide bonds. The van der Waals surface area contributed by atoms with Crippen LogP contribution in [0.1, 0.15) is 47.1 Å². The minimum absolute atomic E-state index is 0.102. The fourth-order valence-electron chi connectivity index (χ4n) is 2.95. The number of carbonyl (C=O) groups excluding carboxylic acids is 1. The molecule has 1 atom stereocenters. The quantitative estimate of drug-likeness (QED) is 0.805. The van der Waals surface area contributed by atoms with E-state index in [1.165, 1.54) is 16.7 Å². The zero-order valence-corrected chi connectivity index (χ0v) is 16.4. The molecule has 25 heavy (non-hydrogen) atoms. The van der Waals surface area contributed by atoms with Gasteiger partial charge in [0.2, 0.25) is 0 Å². The van der Waals surface area contributed by atoms with Gasteiger partial charge in [0.05, 0.1) is 6.04 Å². The third-order valence-electron chi connectivity index (χ3n) is 4.16. The highest BCUT2D eigenvalue weighted by atomic mass is 16.1. The lowest BCUT2D eigenvalue weighted by molar-refractivity contribution is -0.128. The fraction of sp³-hybridized carbons (Fsp3) is 0.435. The third-order valence-corrected chi connectivity index (χ3v) is 4.16. The monoisotopic (exact) mass is 337 g/mol. The lowest BCUT2D eigenvalue weighted by Crippen LogP contribution is -2.51. The van der Waals surface area contributed by atoms with E-state index in [0.717, 1.165) is 0 Å². The highest BCUT2D eigenvalue weighted by Crippen LogP contribution is 2.23. The molecular formula is C23H31NO. The second kappa shape index (κ2) is 7.53. The number of carbonyl (C=O) groups is 1. The van der Waals surface area contributed by atoms with Crippen LogP contribution < -0.4 is 5.32 Å². The van der Waals surface area contributed by atoms with E-state index >= 15 is 0 Å². The van der Waals surface area contributed by atoms with E-state index in [1.807, 2.05) is 26.8 Å². The number of hydrogen-bond acceptors (Lipinski definition) is 2. The molecule has 0 radical (unpaired) electrons.